The number of carboxylic acids is 1. The van der Waals surface area contributed by atoms with Crippen LogP contribution in [0.1, 0.15) is 10.4 Å². The molecule has 0 spiro atoms. The summed E-state index contributed by atoms with van der Waals surface area (Å²) in [7, 11) is 0. The maximum atomic E-state index is 10.8. The van der Waals surface area contributed by atoms with E-state index in [4.69, 9.17) is 10.8 Å². The number of hydrogen-bond acceptors (Lipinski definition) is 4. The van der Waals surface area contributed by atoms with Crippen LogP contribution in [-0.4, -0.2) is 16.1 Å². The number of nitrogens with zero attached hydrogens (tertiary/aromatic N) is 1. The van der Waals surface area contributed by atoms with Crippen LogP contribution in [0, 0.1) is 0 Å². The van der Waals surface area contributed by atoms with Crippen LogP contribution in [0.2, 0.25) is 0 Å². The van der Waals surface area contributed by atoms with Crippen LogP contribution in [0.15, 0.2) is 42.7 Å². The fraction of sp³-hybridized carbons (Fsp3) is 0. The van der Waals surface area contributed by atoms with Gasteiger partial charge in [-0.15, -0.1) is 0 Å². The first kappa shape index (κ1) is 10.9. The molecule has 2 aromatic rings. The Morgan fingerprint density at radius 1 is 1.35 bits per heavy atom. The van der Waals surface area contributed by atoms with Gasteiger partial charge in [-0.05, 0) is 30.3 Å². The summed E-state index contributed by atoms with van der Waals surface area (Å²) >= 11 is 0. The van der Waals surface area contributed by atoms with E-state index in [0.29, 0.717) is 11.4 Å². The molecule has 0 radical (unpaired) electrons. The summed E-state index contributed by atoms with van der Waals surface area (Å²) in [5.74, 6) is -0.987. The van der Waals surface area contributed by atoms with Gasteiger partial charge in [0, 0.05) is 6.20 Å². The lowest BCUT2D eigenvalue weighted by Crippen LogP contribution is -2.01. The number of carboxylic acid groups (broad SMARTS) is 1. The number of anilines is 3. The predicted molar refractivity (Wildman–Crippen MR) is 65.3 cm³/mol. The Hall–Kier alpha value is -2.56. The molecule has 1 aromatic carbocycles. The van der Waals surface area contributed by atoms with Gasteiger partial charge in [-0.3, -0.25) is 4.98 Å². The van der Waals surface area contributed by atoms with Crippen molar-refractivity contribution in [1.29, 1.82) is 0 Å². The van der Waals surface area contributed by atoms with Crippen molar-refractivity contribution in [1.82, 2.24) is 4.98 Å². The van der Waals surface area contributed by atoms with Gasteiger partial charge in [0.15, 0.2) is 0 Å². The van der Waals surface area contributed by atoms with Gasteiger partial charge >= 0.3 is 5.97 Å². The van der Waals surface area contributed by atoms with Crippen LogP contribution >= 0.6 is 0 Å². The van der Waals surface area contributed by atoms with E-state index in [-0.39, 0.29) is 5.56 Å². The minimum Gasteiger partial charge on any atom is -0.478 e. The highest BCUT2D eigenvalue weighted by atomic mass is 16.4. The molecule has 0 fully saturated rings. The third-order valence-electron chi connectivity index (χ3n) is 2.24. The second-order valence-corrected chi connectivity index (χ2v) is 3.47. The molecule has 0 aliphatic heterocycles. The quantitative estimate of drug-likeness (QED) is 0.701. The third-order valence-corrected chi connectivity index (χ3v) is 2.24. The molecule has 0 unspecified atom stereocenters. The highest BCUT2D eigenvalue weighted by molar-refractivity contribution is 5.91. The molecule has 86 valence electrons. The van der Waals surface area contributed by atoms with Crippen molar-refractivity contribution in [3.63, 3.8) is 0 Å². The number of hydrogen-bond donors (Lipinski definition) is 3. The van der Waals surface area contributed by atoms with Crippen molar-refractivity contribution < 1.29 is 9.90 Å². The third kappa shape index (κ3) is 2.52. The number of aromatic carboxylic acids is 1. The summed E-state index contributed by atoms with van der Waals surface area (Å²) in [4.78, 5) is 14.8. The first-order valence-corrected chi connectivity index (χ1v) is 4.96. The predicted octanol–water partition coefficient (Wildman–Crippen LogP) is 2.11. The Morgan fingerprint density at radius 3 is 2.82 bits per heavy atom. The Labute approximate surface area is 97.9 Å². The van der Waals surface area contributed by atoms with Gasteiger partial charge in [-0.2, -0.15) is 0 Å². The Bertz CT molecular complexity index is 541. The average Bonchev–Trinajstić information content (AvgIpc) is 2.33. The van der Waals surface area contributed by atoms with Gasteiger partial charge in [-0.1, -0.05) is 0 Å². The van der Waals surface area contributed by atoms with Crippen LogP contribution in [0.25, 0.3) is 0 Å². The van der Waals surface area contributed by atoms with Crippen molar-refractivity contribution in [2.24, 2.45) is 0 Å². The molecule has 5 nitrogen and oxygen atoms in total. The molecule has 17 heavy (non-hydrogen) atoms. The first-order valence-electron chi connectivity index (χ1n) is 4.96. The highest BCUT2D eigenvalue weighted by Gasteiger charge is 2.06. The lowest BCUT2D eigenvalue weighted by atomic mass is 10.1. The fourth-order valence-corrected chi connectivity index (χ4v) is 1.39. The van der Waals surface area contributed by atoms with E-state index in [1.165, 1.54) is 12.1 Å². The second kappa shape index (κ2) is 4.52. The van der Waals surface area contributed by atoms with Gasteiger partial charge in [0.25, 0.3) is 0 Å². The number of pyridine rings is 1. The molecule has 0 bridgehead atoms. The maximum Gasteiger partial charge on any atom is 0.335 e. The van der Waals surface area contributed by atoms with E-state index in [2.05, 4.69) is 10.3 Å². The molecule has 5 heteroatoms. The van der Waals surface area contributed by atoms with Gasteiger partial charge < -0.3 is 16.2 Å². The number of benzene rings is 1. The number of nitrogen functional groups attached to an aromatic ring is 1. The highest BCUT2D eigenvalue weighted by Crippen LogP contribution is 2.23. The summed E-state index contributed by atoms with van der Waals surface area (Å²) in [6.45, 7) is 0. The number of carbonyl (C=O) groups is 1. The van der Waals surface area contributed by atoms with E-state index in [1.54, 1.807) is 24.5 Å². The molecular weight excluding hydrogens is 218 g/mol. The van der Waals surface area contributed by atoms with E-state index < -0.39 is 5.97 Å². The number of nitrogens with two attached hydrogens (primary N) is 1. The Morgan fingerprint density at radius 2 is 2.18 bits per heavy atom. The van der Waals surface area contributed by atoms with Crippen LogP contribution in [0.3, 0.4) is 0 Å². The fourth-order valence-electron chi connectivity index (χ4n) is 1.39. The summed E-state index contributed by atoms with van der Waals surface area (Å²) < 4.78 is 0. The zero-order valence-electron chi connectivity index (χ0n) is 8.92. The van der Waals surface area contributed by atoms with E-state index in [9.17, 15) is 4.79 Å². The van der Waals surface area contributed by atoms with Crippen molar-refractivity contribution in [2.75, 3.05) is 11.1 Å². The molecule has 0 amide bonds. The second-order valence-electron chi connectivity index (χ2n) is 3.47. The molecule has 1 aromatic heterocycles. The van der Waals surface area contributed by atoms with Gasteiger partial charge in [0.05, 0.1) is 28.8 Å². The van der Waals surface area contributed by atoms with Crippen molar-refractivity contribution >= 4 is 23.0 Å². The normalized spacial score (nSPS) is 9.88. The van der Waals surface area contributed by atoms with Crippen LogP contribution in [-0.2, 0) is 0 Å². The molecule has 4 N–H and O–H groups in total. The van der Waals surface area contributed by atoms with Crippen LogP contribution in [0.5, 0.6) is 0 Å². The van der Waals surface area contributed by atoms with Gasteiger partial charge in [0.1, 0.15) is 0 Å². The lowest BCUT2D eigenvalue weighted by molar-refractivity contribution is 0.0697. The van der Waals surface area contributed by atoms with Crippen LogP contribution in [0.4, 0.5) is 17.1 Å². The van der Waals surface area contributed by atoms with E-state index in [1.807, 2.05) is 6.07 Å². The summed E-state index contributed by atoms with van der Waals surface area (Å²) in [6, 6.07) is 8.11. The molecular formula is C12H11N3O2. The van der Waals surface area contributed by atoms with Crippen LogP contribution < -0.4 is 11.1 Å². The molecule has 0 aliphatic rings. The zero-order valence-corrected chi connectivity index (χ0v) is 8.92. The summed E-state index contributed by atoms with van der Waals surface area (Å²) in [5, 5.41) is 11.9. The monoisotopic (exact) mass is 229 g/mol. The molecule has 0 saturated carbocycles. The summed E-state index contributed by atoms with van der Waals surface area (Å²) in [5.41, 5.74) is 7.74. The van der Waals surface area contributed by atoms with Crippen molar-refractivity contribution in [3.05, 3.63) is 48.3 Å². The van der Waals surface area contributed by atoms with Gasteiger partial charge in [0.2, 0.25) is 0 Å². The molecule has 0 aliphatic carbocycles. The topological polar surface area (TPSA) is 88.2 Å². The van der Waals surface area contributed by atoms with E-state index in [0.717, 1.165) is 5.69 Å². The molecule has 1 heterocycles. The Balaban J connectivity index is 2.32. The smallest absolute Gasteiger partial charge is 0.335 e. The molecule has 2 rings (SSSR count). The minimum absolute atomic E-state index is 0.186. The lowest BCUT2D eigenvalue weighted by Gasteiger charge is -2.09. The standard InChI is InChI=1S/C12H11N3O2/c13-10-4-3-8(12(16)17)6-11(10)15-9-2-1-5-14-7-9/h1-7,15H,13H2,(H,16,17). The Kier molecular flexibility index (Phi) is 2.91. The SMILES string of the molecule is Nc1ccc(C(=O)O)cc1Nc1cccnc1. The summed E-state index contributed by atoms with van der Waals surface area (Å²) in [6.07, 6.45) is 3.29. The number of aromatic nitrogens is 1. The first-order chi connectivity index (χ1) is 8.16. The van der Waals surface area contributed by atoms with Crippen molar-refractivity contribution in [2.45, 2.75) is 0 Å². The largest absolute Gasteiger partial charge is 0.478 e. The molecule has 0 atom stereocenters. The maximum absolute atomic E-state index is 10.8. The van der Waals surface area contributed by atoms with Crippen molar-refractivity contribution in [3.8, 4) is 0 Å². The number of rotatable bonds is 3. The van der Waals surface area contributed by atoms with Gasteiger partial charge in [-0.25, -0.2) is 4.79 Å². The molecule has 0 saturated heterocycles. The zero-order chi connectivity index (χ0) is 12.3. The average molecular weight is 229 g/mol. The minimum atomic E-state index is -0.987. The number of nitrogens with one attached hydrogen (secondary N) is 1. The van der Waals surface area contributed by atoms with E-state index >= 15 is 0 Å².